The van der Waals surface area contributed by atoms with E-state index < -0.39 is 22.7 Å². The second-order valence-electron chi connectivity index (χ2n) is 10.7. The molecule has 0 saturated heterocycles. The summed E-state index contributed by atoms with van der Waals surface area (Å²) < 4.78 is 30.9. The number of aromatic nitrogens is 1. The number of anilines is 2. The Hall–Kier alpha value is -4.66. The first kappa shape index (κ1) is 26.9. The standard InChI is InChI=1S/C31H30FN3O5/c1-30(2,3)40-27-17-23-24(18-26(27)38-4)33-16-13-25(23)39-22-11-9-21(10-12-22)35-29(37)31(14-15-31)28(36)34-20-7-5-19(32)6-8-20/h5-13,16-18H,14-15H2,1-4H3,(H,34,36)(H,35,37). The number of nitrogens with zero attached hydrogens (tertiary/aromatic N) is 1. The first-order valence-corrected chi connectivity index (χ1v) is 12.9. The number of carbonyl (C=O) groups excluding carboxylic acids is 2. The van der Waals surface area contributed by atoms with Crippen LogP contribution < -0.4 is 24.8 Å². The van der Waals surface area contributed by atoms with Gasteiger partial charge < -0.3 is 24.8 Å². The van der Waals surface area contributed by atoms with Gasteiger partial charge in [0.25, 0.3) is 0 Å². The molecule has 1 saturated carbocycles. The van der Waals surface area contributed by atoms with Gasteiger partial charge in [0.15, 0.2) is 11.5 Å². The lowest BCUT2D eigenvalue weighted by atomic mass is 10.0. The third-order valence-electron chi connectivity index (χ3n) is 6.46. The highest BCUT2D eigenvalue weighted by molar-refractivity contribution is 6.16. The van der Waals surface area contributed by atoms with Crippen molar-refractivity contribution in [3.63, 3.8) is 0 Å². The fraction of sp³-hybridized carbons (Fsp3) is 0.258. The molecule has 0 aliphatic heterocycles. The number of ether oxygens (including phenoxy) is 3. The molecule has 0 bridgehead atoms. The van der Waals surface area contributed by atoms with Gasteiger partial charge in [-0.25, -0.2) is 4.39 Å². The van der Waals surface area contributed by atoms with Crippen LogP contribution in [0.25, 0.3) is 10.9 Å². The van der Waals surface area contributed by atoms with Crippen molar-refractivity contribution in [1.82, 2.24) is 4.98 Å². The molecule has 1 heterocycles. The summed E-state index contributed by atoms with van der Waals surface area (Å²) in [5, 5.41) is 6.28. The number of hydrogen-bond donors (Lipinski definition) is 2. The van der Waals surface area contributed by atoms with Gasteiger partial charge in [-0.15, -0.1) is 0 Å². The van der Waals surface area contributed by atoms with Crippen LogP contribution in [0.2, 0.25) is 0 Å². The van der Waals surface area contributed by atoms with E-state index in [2.05, 4.69) is 15.6 Å². The number of nitrogens with one attached hydrogen (secondary N) is 2. The molecule has 4 aromatic rings. The van der Waals surface area contributed by atoms with Gasteiger partial charge in [-0.3, -0.25) is 14.6 Å². The molecule has 40 heavy (non-hydrogen) atoms. The molecule has 0 atom stereocenters. The summed E-state index contributed by atoms with van der Waals surface area (Å²) in [6, 6.07) is 17.7. The summed E-state index contributed by atoms with van der Waals surface area (Å²) >= 11 is 0. The summed E-state index contributed by atoms with van der Waals surface area (Å²) in [5.41, 5.74) is 0.0844. The second-order valence-corrected chi connectivity index (χ2v) is 10.7. The highest BCUT2D eigenvalue weighted by Gasteiger charge is 2.56. The van der Waals surface area contributed by atoms with Crippen LogP contribution in [-0.4, -0.2) is 29.5 Å². The molecular weight excluding hydrogens is 513 g/mol. The maximum atomic E-state index is 13.2. The van der Waals surface area contributed by atoms with Crippen molar-refractivity contribution in [2.24, 2.45) is 5.41 Å². The quantitative estimate of drug-likeness (QED) is 0.240. The predicted molar refractivity (Wildman–Crippen MR) is 151 cm³/mol. The molecule has 3 aromatic carbocycles. The Bertz CT molecular complexity index is 1560. The minimum atomic E-state index is -1.15. The van der Waals surface area contributed by atoms with Crippen LogP contribution in [0.15, 0.2) is 72.9 Å². The highest BCUT2D eigenvalue weighted by atomic mass is 19.1. The van der Waals surface area contributed by atoms with E-state index in [0.717, 1.165) is 5.39 Å². The van der Waals surface area contributed by atoms with Crippen molar-refractivity contribution in [1.29, 1.82) is 0 Å². The van der Waals surface area contributed by atoms with Gasteiger partial charge in [0.05, 0.1) is 12.6 Å². The van der Waals surface area contributed by atoms with Gasteiger partial charge in [-0.1, -0.05) is 0 Å². The topological polar surface area (TPSA) is 98.8 Å². The number of methoxy groups -OCH3 is 1. The Morgan fingerprint density at radius 1 is 0.850 bits per heavy atom. The average molecular weight is 544 g/mol. The Labute approximate surface area is 231 Å². The fourth-order valence-corrected chi connectivity index (χ4v) is 4.24. The number of hydrogen-bond acceptors (Lipinski definition) is 6. The fourth-order valence-electron chi connectivity index (χ4n) is 4.24. The van der Waals surface area contributed by atoms with Crippen LogP contribution in [0.4, 0.5) is 15.8 Å². The molecule has 0 radical (unpaired) electrons. The number of carbonyl (C=O) groups is 2. The predicted octanol–water partition coefficient (Wildman–Crippen LogP) is 6.71. The van der Waals surface area contributed by atoms with E-state index in [1.165, 1.54) is 24.3 Å². The first-order valence-electron chi connectivity index (χ1n) is 12.9. The minimum Gasteiger partial charge on any atom is -0.493 e. The molecule has 0 spiro atoms. The van der Waals surface area contributed by atoms with Gasteiger partial charge in [0, 0.05) is 29.0 Å². The lowest BCUT2D eigenvalue weighted by Crippen LogP contribution is -2.35. The summed E-state index contributed by atoms with van der Waals surface area (Å²) in [5.74, 6) is 1.09. The molecule has 9 heteroatoms. The van der Waals surface area contributed by atoms with Crippen LogP contribution in [0.1, 0.15) is 33.6 Å². The largest absolute Gasteiger partial charge is 0.493 e. The summed E-state index contributed by atoms with van der Waals surface area (Å²) in [6.07, 6.45) is 2.53. The summed E-state index contributed by atoms with van der Waals surface area (Å²) in [6.45, 7) is 5.88. The van der Waals surface area contributed by atoms with E-state index in [0.29, 0.717) is 52.7 Å². The van der Waals surface area contributed by atoms with Gasteiger partial charge in [-0.2, -0.15) is 0 Å². The molecule has 2 amide bonds. The van der Waals surface area contributed by atoms with E-state index in [4.69, 9.17) is 14.2 Å². The Morgan fingerprint density at radius 3 is 2.00 bits per heavy atom. The average Bonchev–Trinajstić information content (AvgIpc) is 3.73. The number of benzene rings is 3. The Morgan fingerprint density at radius 2 is 1.45 bits per heavy atom. The zero-order chi connectivity index (χ0) is 28.5. The van der Waals surface area contributed by atoms with Gasteiger partial charge in [0.1, 0.15) is 28.3 Å². The summed E-state index contributed by atoms with van der Waals surface area (Å²) in [4.78, 5) is 30.2. The van der Waals surface area contributed by atoms with E-state index in [1.807, 2.05) is 32.9 Å². The number of fused-ring (bicyclic) bond motifs is 1. The van der Waals surface area contributed by atoms with Crippen molar-refractivity contribution in [3.05, 3.63) is 78.7 Å². The first-order chi connectivity index (χ1) is 19.1. The lowest BCUT2D eigenvalue weighted by Gasteiger charge is -2.23. The summed E-state index contributed by atoms with van der Waals surface area (Å²) in [7, 11) is 1.58. The number of halogens is 1. The molecule has 1 aliphatic carbocycles. The van der Waals surface area contributed by atoms with Crippen molar-refractivity contribution in [2.75, 3.05) is 17.7 Å². The van der Waals surface area contributed by atoms with Crippen molar-refractivity contribution < 1.29 is 28.2 Å². The van der Waals surface area contributed by atoms with E-state index >= 15 is 0 Å². The number of rotatable bonds is 8. The molecule has 5 rings (SSSR count). The maximum absolute atomic E-state index is 13.2. The minimum absolute atomic E-state index is 0.388. The highest BCUT2D eigenvalue weighted by Crippen LogP contribution is 2.47. The molecule has 2 N–H and O–H groups in total. The van der Waals surface area contributed by atoms with Crippen LogP contribution in [0.3, 0.4) is 0 Å². The van der Waals surface area contributed by atoms with Crippen molar-refractivity contribution in [2.45, 2.75) is 39.2 Å². The van der Waals surface area contributed by atoms with Crippen molar-refractivity contribution >= 4 is 34.1 Å². The van der Waals surface area contributed by atoms with E-state index in [1.54, 1.807) is 43.6 Å². The van der Waals surface area contributed by atoms with E-state index in [9.17, 15) is 14.0 Å². The molecule has 1 aliphatic rings. The molecular formula is C31H30FN3O5. The third-order valence-corrected chi connectivity index (χ3v) is 6.46. The zero-order valence-electron chi connectivity index (χ0n) is 22.7. The molecule has 0 unspecified atom stereocenters. The molecule has 1 fully saturated rings. The van der Waals surface area contributed by atoms with Gasteiger partial charge in [-0.05, 0) is 94.3 Å². The zero-order valence-corrected chi connectivity index (χ0v) is 22.7. The second kappa shape index (κ2) is 10.5. The number of amides is 2. The van der Waals surface area contributed by atoms with Crippen LogP contribution >= 0.6 is 0 Å². The molecule has 1 aromatic heterocycles. The molecule has 8 nitrogen and oxygen atoms in total. The van der Waals surface area contributed by atoms with Crippen LogP contribution in [0.5, 0.6) is 23.0 Å². The van der Waals surface area contributed by atoms with Gasteiger partial charge >= 0.3 is 0 Å². The number of pyridine rings is 1. The SMILES string of the molecule is COc1cc2nccc(Oc3ccc(NC(=O)C4(C(=O)Nc5ccc(F)cc5)CC4)cc3)c2cc1OC(C)(C)C. The normalized spacial score (nSPS) is 13.8. The van der Waals surface area contributed by atoms with Crippen LogP contribution in [-0.2, 0) is 9.59 Å². The lowest BCUT2D eigenvalue weighted by molar-refractivity contribution is -0.131. The van der Waals surface area contributed by atoms with Crippen molar-refractivity contribution in [3.8, 4) is 23.0 Å². The third kappa shape index (κ3) is 5.83. The maximum Gasteiger partial charge on any atom is 0.240 e. The Kier molecular flexibility index (Phi) is 7.06. The van der Waals surface area contributed by atoms with E-state index in [-0.39, 0.29) is 5.91 Å². The Balaban J connectivity index is 1.29. The smallest absolute Gasteiger partial charge is 0.240 e. The molecule has 206 valence electrons. The van der Waals surface area contributed by atoms with Gasteiger partial charge in [0.2, 0.25) is 11.8 Å². The monoisotopic (exact) mass is 543 g/mol. The van der Waals surface area contributed by atoms with Crippen LogP contribution in [0, 0.1) is 11.2 Å².